The zero-order chi connectivity index (χ0) is 14.1. The average molecular weight is 272 g/mol. The molecular formula is C17H24N2O. The fourth-order valence-corrected chi connectivity index (χ4v) is 3.47. The Labute approximate surface area is 121 Å². The van der Waals surface area contributed by atoms with Crippen LogP contribution in [0.5, 0.6) is 0 Å². The van der Waals surface area contributed by atoms with Gasteiger partial charge in [-0.1, -0.05) is 38.1 Å². The summed E-state index contributed by atoms with van der Waals surface area (Å²) in [5.41, 5.74) is 2.97. The summed E-state index contributed by atoms with van der Waals surface area (Å²) in [6.45, 7) is 5.76. The van der Waals surface area contributed by atoms with Gasteiger partial charge in [0.25, 0.3) is 0 Å². The van der Waals surface area contributed by atoms with Crippen LogP contribution in [0.25, 0.3) is 0 Å². The molecule has 1 aromatic carbocycles. The minimum Gasteiger partial charge on any atom is -0.341 e. The highest BCUT2D eigenvalue weighted by atomic mass is 16.2. The highest BCUT2D eigenvalue weighted by Gasteiger charge is 2.30. The Hall–Kier alpha value is -1.35. The normalized spacial score (nSPS) is 22.6. The van der Waals surface area contributed by atoms with Crippen LogP contribution in [0, 0.1) is 5.92 Å². The van der Waals surface area contributed by atoms with E-state index in [0.717, 1.165) is 32.4 Å². The number of likely N-dealkylation sites (tertiary alicyclic amines) is 1. The maximum atomic E-state index is 12.0. The number of hydrogen-bond acceptors (Lipinski definition) is 2. The SMILES string of the molecule is CC(C)C(=O)N1CC[C@H](NC2Cc3ccccc3C2)C1. The molecule has 108 valence electrons. The van der Waals surface area contributed by atoms with Gasteiger partial charge < -0.3 is 10.2 Å². The summed E-state index contributed by atoms with van der Waals surface area (Å²) < 4.78 is 0. The lowest BCUT2D eigenvalue weighted by Gasteiger charge is -2.21. The Balaban J connectivity index is 1.53. The van der Waals surface area contributed by atoms with Crippen LogP contribution < -0.4 is 5.32 Å². The molecule has 1 amide bonds. The van der Waals surface area contributed by atoms with Crippen LogP contribution in [0.1, 0.15) is 31.4 Å². The van der Waals surface area contributed by atoms with Crippen LogP contribution in [-0.4, -0.2) is 36.0 Å². The van der Waals surface area contributed by atoms with Crippen LogP contribution in [-0.2, 0) is 17.6 Å². The van der Waals surface area contributed by atoms with Crippen molar-refractivity contribution in [1.82, 2.24) is 10.2 Å². The summed E-state index contributed by atoms with van der Waals surface area (Å²) in [6.07, 6.45) is 3.35. The standard InChI is InChI=1S/C17H24N2O/c1-12(2)17(20)19-8-7-15(11-19)18-16-9-13-5-3-4-6-14(13)10-16/h3-6,12,15-16,18H,7-11H2,1-2H3/t15-/m0/s1. The number of hydrogen-bond donors (Lipinski definition) is 1. The Kier molecular flexibility index (Phi) is 3.79. The average Bonchev–Trinajstić information content (AvgIpc) is 3.03. The Morgan fingerprint density at radius 1 is 1.20 bits per heavy atom. The molecule has 3 rings (SSSR count). The number of carbonyl (C=O) groups excluding carboxylic acids is 1. The van der Waals surface area contributed by atoms with Gasteiger partial charge in [0.1, 0.15) is 0 Å². The van der Waals surface area contributed by atoms with Crippen molar-refractivity contribution < 1.29 is 4.79 Å². The highest BCUT2D eigenvalue weighted by Crippen LogP contribution is 2.23. The molecule has 0 unspecified atom stereocenters. The summed E-state index contributed by atoms with van der Waals surface area (Å²) in [5, 5.41) is 3.75. The molecule has 2 aliphatic rings. The first-order valence-electron chi connectivity index (χ1n) is 7.75. The smallest absolute Gasteiger partial charge is 0.225 e. The van der Waals surface area contributed by atoms with E-state index in [2.05, 4.69) is 29.6 Å². The monoisotopic (exact) mass is 272 g/mol. The molecule has 1 aliphatic carbocycles. The third-order valence-electron chi connectivity index (χ3n) is 4.52. The van der Waals surface area contributed by atoms with Crippen LogP contribution in [0.15, 0.2) is 24.3 Å². The molecule has 1 saturated heterocycles. The topological polar surface area (TPSA) is 32.3 Å². The van der Waals surface area contributed by atoms with Crippen molar-refractivity contribution in [2.24, 2.45) is 5.92 Å². The predicted molar refractivity (Wildman–Crippen MR) is 80.6 cm³/mol. The van der Waals surface area contributed by atoms with E-state index >= 15 is 0 Å². The first-order chi connectivity index (χ1) is 9.63. The minimum atomic E-state index is 0.115. The number of nitrogens with one attached hydrogen (secondary N) is 1. The number of amides is 1. The van der Waals surface area contributed by atoms with Crippen molar-refractivity contribution >= 4 is 5.91 Å². The van der Waals surface area contributed by atoms with E-state index in [1.54, 1.807) is 0 Å². The summed E-state index contributed by atoms with van der Waals surface area (Å²) >= 11 is 0. The van der Waals surface area contributed by atoms with Gasteiger partial charge in [0, 0.05) is 31.1 Å². The number of carbonyl (C=O) groups is 1. The van der Waals surface area contributed by atoms with E-state index in [0.29, 0.717) is 18.0 Å². The number of fused-ring (bicyclic) bond motifs is 1. The minimum absolute atomic E-state index is 0.115. The zero-order valence-corrected chi connectivity index (χ0v) is 12.4. The van der Waals surface area contributed by atoms with Crippen LogP contribution in [0.2, 0.25) is 0 Å². The highest BCUT2D eigenvalue weighted by molar-refractivity contribution is 5.78. The molecule has 0 radical (unpaired) electrons. The molecule has 0 saturated carbocycles. The quantitative estimate of drug-likeness (QED) is 0.913. The van der Waals surface area contributed by atoms with Crippen LogP contribution in [0.3, 0.4) is 0 Å². The van der Waals surface area contributed by atoms with Crippen LogP contribution in [0.4, 0.5) is 0 Å². The second-order valence-corrected chi connectivity index (χ2v) is 6.47. The van der Waals surface area contributed by atoms with Crippen molar-refractivity contribution in [3.05, 3.63) is 35.4 Å². The third kappa shape index (κ3) is 2.73. The first-order valence-corrected chi connectivity index (χ1v) is 7.75. The molecule has 3 nitrogen and oxygen atoms in total. The Morgan fingerprint density at radius 3 is 2.45 bits per heavy atom. The maximum Gasteiger partial charge on any atom is 0.225 e. The first kappa shape index (κ1) is 13.6. The van der Waals surface area contributed by atoms with Crippen molar-refractivity contribution in [3.63, 3.8) is 0 Å². The lowest BCUT2D eigenvalue weighted by atomic mass is 10.1. The van der Waals surface area contributed by atoms with E-state index in [9.17, 15) is 4.79 Å². The summed E-state index contributed by atoms with van der Waals surface area (Å²) in [7, 11) is 0. The van der Waals surface area contributed by atoms with Gasteiger partial charge in [-0.15, -0.1) is 0 Å². The third-order valence-corrected chi connectivity index (χ3v) is 4.52. The molecule has 1 N–H and O–H groups in total. The Morgan fingerprint density at radius 2 is 1.85 bits per heavy atom. The molecule has 1 fully saturated rings. The number of rotatable bonds is 3. The summed E-state index contributed by atoms with van der Waals surface area (Å²) in [4.78, 5) is 14.0. The maximum absolute atomic E-state index is 12.0. The molecular weight excluding hydrogens is 248 g/mol. The van der Waals surface area contributed by atoms with Gasteiger partial charge in [0.05, 0.1) is 0 Å². The molecule has 1 atom stereocenters. The summed E-state index contributed by atoms with van der Waals surface area (Å²) in [5.74, 6) is 0.411. The van der Waals surface area contributed by atoms with Crippen LogP contribution >= 0.6 is 0 Å². The van der Waals surface area contributed by atoms with E-state index in [4.69, 9.17) is 0 Å². The number of nitrogens with zero attached hydrogens (tertiary/aromatic N) is 1. The lowest BCUT2D eigenvalue weighted by molar-refractivity contribution is -0.133. The van der Waals surface area contributed by atoms with E-state index in [1.807, 2.05) is 18.7 Å². The fraction of sp³-hybridized carbons (Fsp3) is 0.588. The number of benzene rings is 1. The largest absolute Gasteiger partial charge is 0.341 e. The molecule has 1 heterocycles. The van der Waals surface area contributed by atoms with E-state index in [1.165, 1.54) is 11.1 Å². The molecule has 1 aromatic rings. The molecule has 0 spiro atoms. The molecule has 3 heteroatoms. The van der Waals surface area contributed by atoms with Gasteiger partial charge in [-0.05, 0) is 30.4 Å². The van der Waals surface area contributed by atoms with Gasteiger partial charge in [0.2, 0.25) is 5.91 Å². The van der Waals surface area contributed by atoms with Gasteiger partial charge in [-0.3, -0.25) is 4.79 Å². The van der Waals surface area contributed by atoms with Gasteiger partial charge in [-0.25, -0.2) is 0 Å². The second-order valence-electron chi connectivity index (χ2n) is 6.47. The van der Waals surface area contributed by atoms with Crippen molar-refractivity contribution in [2.45, 2.75) is 45.2 Å². The van der Waals surface area contributed by atoms with Gasteiger partial charge in [-0.2, -0.15) is 0 Å². The van der Waals surface area contributed by atoms with Crippen molar-refractivity contribution in [2.75, 3.05) is 13.1 Å². The zero-order valence-electron chi connectivity index (χ0n) is 12.4. The molecule has 20 heavy (non-hydrogen) atoms. The molecule has 1 aliphatic heterocycles. The molecule has 0 bridgehead atoms. The van der Waals surface area contributed by atoms with E-state index in [-0.39, 0.29) is 5.92 Å². The lowest BCUT2D eigenvalue weighted by Crippen LogP contribution is -2.42. The van der Waals surface area contributed by atoms with Gasteiger partial charge >= 0.3 is 0 Å². The van der Waals surface area contributed by atoms with Crippen molar-refractivity contribution in [1.29, 1.82) is 0 Å². The molecule has 0 aromatic heterocycles. The second kappa shape index (κ2) is 5.57. The fourth-order valence-electron chi connectivity index (χ4n) is 3.47. The van der Waals surface area contributed by atoms with E-state index < -0.39 is 0 Å². The predicted octanol–water partition coefficient (Wildman–Crippen LogP) is 2.00. The van der Waals surface area contributed by atoms with Gasteiger partial charge in [0.15, 0.2) is 0 Å². The van der Waals surface area contributed by atoms with Crippen molar-refractivity contribution in [3.8, 4) is 0 Å². The Bertz CT molecular complexity index is 473. The summed E-state index contributed by atoms with van der Waals surface area (Å²) in [6, 6.07) is 9.74.